The highest BCUT2D eigenvalue weighted by Crippen LogP contribution is 2.33. The Bertz CT molecular complexity index is 4510. The summed E-state index contributed by atoms with van der Waals surface area (Å²) in [4.78, 5) is 27.1. The maximum absolute atomic E-state index is 9.69. The molecule has 0 radical (unpaired) electrons. The number of likely N-dealkylation sites (tertiary alicyclic amines) is 3. The Hall–Kier alpha value is -7.52. The molecule has 4 aliphatic rings. The second-order valence-corrected chi connectivity index (χ2v) is 27.8. The zero-order valence-corrected chi connectivity index (χ0v) is 58.1. The normalized spacial score (nSPS) is 16.4. The van der Waals surface area contributed by atoms with E-state index in [9.17, 15) is 10.2 Å². The van der Waals surface area contributed by atoms with Crippen molar-refractivity contribution in [3.63, 3.8) is 0 Å². The van der Waals surface area contributed by atoms with E-state index in [0.717, 1.165) is 189 Å². The Kier molecular flexibility index (Phi) is 23.3. The Morgan fingerprint density at radius 1 is 0.357 bits per heavy atom. The molecule has 98 heavy (non-hydrogen) atoms. The highest BCUT2D eigenvalue weighted by molar-refractivity contribution is 6.31. The highest BCUT2D eigenvalue weighted by atomic mass is 35.5. The maximum Gasteiger partial charge on any atom is 0.0715 e. The lowest BCUT2D eigenvalue weighted by Crippen LogP contribution is -2.35. The Morgan fingerprint density at radius 2 is 0.633 bits per heavy atom. The zero-order chi connectivity index (χ0) is 67.3. The molecule has 12 aromatic rings. The summed E-state index contributed by atoms with van der Waals surface area (Å²) in [5, 5.41) is 36.1. The van der Waals surface area contributed by atoms with Crippen LogP contribution in [0.4, 0.5) is 0 Å². The predicted molar refractivity (Wildman–Crippen MR) is 396 cm³/mol. The number of aromatic nitrogens is 8. The van der Waals surface area contributed by atoms with Crippen molar-refractivity contribution in [1.82, 2.24) is 57.8 Å². The van der Waals surface area contributed by atoms with Gasteiger partial charge in [-0.15, -0.1) is 0 Å². The van der Waals surface area contributed by atoms with Crippen molar-refractivity contribution in [2.24, 2.45) is 11.8 Å². The summed E-state index contributed by atoms with van der Waals surface area (Å²) in [5.41, 5.74) is 14.1. The van der Waals surface area contributed by atoms with Crippen LogP contribution in [0.2, 0.25) is 20.1 Å². The van der Waals surface area contributed by atoms with Crippen LogP contribution in [0.1, 0.15) is 67.2 Å². The van der Waals surface area contributed by atoms with Gasteiger partial charge in [0.1, 0.15) is 0 Å². The van der Waals surface area contributed by atoms with Crippen molar-refractivity contribution >= 4 is 90.0 Å². The van der Waals surface area contributed by atoms with Crippen LogP contribution in [0.15, 0.2) is 196 Å². The van der Waals surface area contributed by atoms with E-state index in [1.807, 2.05) is 147 Å². The van der Waals surface area contributed by atoms with Gasteiger partial charge < -0.3 is 38.3 Å². The molecule has 0 spiro atoms. The van der Waals surface area contributed by atoms with Crippen LogP contribution in [0.5, 0.6) is 0 Å². The minimum absolute atomic E-state index is 0.138. The second-order valence-electron chi connectivity index (χ2n) is 26.1. The zero-order valence-electron chi connectivity index (χ0n) is 55.1. The number of aliphatic hydroxyl groups excluding tert-OH is 3. The number of halogens is 4. The first kappa shape index (κ1) is 69.0. The molecule has 0 amide bonds. The van der Waals surface area contributed by atoms with Crippen molar-refractivity contribution in [1.29, 1.82) is 0 Å². The van der Waals surface area contributed by atoms with Crippen LogP contribution in [0.25, 0.3) is 66.4 Å². The monoisotopic (exact) mass is 1390 g/mol. The highest BCUT2D eigenvalue weighted by Gasteiger charge is 2.24. The summed E-state index contributed by atoms with van der Waals surface area (Å²) < 4.78 is 14.2. The van der Waals surface area contributed by atoms with E-state index in [2.05, 4.69) is 107 Å². The Labute approximate surface area is 592 Å². The Morgan fingerprint density at radius 3 is 0.918 bits per heavy atom. The van der Waals surface area contributed by atoms with Crippen molar-refractivity contribution in [3.8, 4) is 22.7 Å². The SMILES string of the molecule is Clc1ccc(-n2cc(CN3CCOCC3)c3ccncc32)cc1.OC1CCN(Cc2cn(-c3ccc(Cl)cc3)c3cnccc23)CC1.OCC1CCN(Cc2cn(-c3ccc(Cl)cc3)c3cnccc23)CC1.OCCC1CCN(Cc2cn(-c3ccc(Cl)cc3)c3cnccc23)CC1. The van der Waals surface area contributed by atoms with Crippen molar-refractivity contribution in [3.05, 3.63) is 238 Å². The first-order valence-corrected chi connectivity index (χ1v) is 35.7. The average molecular weight is 1400 g/mol. The summed E-state index contributed by atoms with van der Waals surface area (Å²) in [6, 6.07) is 40.0. The number of piperidine rings is 3. The molecule has 0 unspecified atom stereocenters. The van der Waals surface area contributed by atoms with Gasteiger partial charge in [-0.05, 0) is 227 Å². The quantitative estimate of drug-likeness (QED) is 0.0895. The average Bonchev–Trinajstić information content (AvgIpc) is 1.66. The molecule has 4 aliphatic heterocycles. The number of morpholine rings is 1. The fraction of sp³-hybridized carbons (Fsp3) is 0.333. The molecule has 16 nitrogen and oxygen atoms in total. The summed E-state index contributed by atoms with van der Waals surface area (Å²) in [7, 11) is 0. The molecule has 16 rings (SSSR count). The van der Waals surface area contributed by atoms with Gasteiger partial charge >= 0.3 is 0 Å². The summed E-state index contributed by atoms with van der Waals surface area (Å²) in [5.74, 6) is 1.15. The number of fused-ring (bicyclic) bond motifs is 4. The number of hydrogen-bond donors (Lipinski definition) is 3. The first-order valence-electron chi connectivity index (χ1n) is 34.2. The summed E-state index contributed by atoms with van der Waals surface area (Å²) in [6.45, 7) is 14.1. The lowest BCUT2D eigenvalue weighted by atomic mass is 9.94. The number of rotatable bonds is 15. The van der Waals surface area contributed by atoms with E-state index in [4.69, 9.17) is 56.2 Å². The van der Waals surface area contributed by atoms with Gasteiger partial charge in [0.25, 0.3) is 0 Å². The topological polar surface area (TPSA) is 154 Å². The largest absolute Gasteiger partial charge is 0.396 e. The third-order valence-electron chi connectivity index (χ3n) is 19.6. The lowest BCUT2D eigenvalue weighted by Gasteiger charge is -2.31. The smallest absolute Gasteiger partial charge is 0.0715 e. The minimum atomic E-state index is -0.138. The summed E-state index contributed by atoms with van der Waals surface area (Å²) >= 11 is 24.1. The van der Waals surface area contributed by atoms with E-state index in [1.54, 1.807) is 0 Å². The molecule has 4 aromatic carbocycles. The van der Waals surface area contributed by atoms with Crippen LogP contribution in [-0.2, 0) is 30.9 Å². The fourth-order valence-electron chi connectivity index (χ4n) is 14.1. The van der Waals surface area contributed by atoms with Crippen molar-refractivity contribution < 1.29 is 20.1 Å². The number of aliphatic hydroxyl groups is 3. The molecular weight excluding hydrogens is 1310 g/mol. The molecule has 0 bridgehead atoms. The van der Waals surface area contributed by atoms with Gasteiger partial charge in [0.05, 0.1) is 66.2 Å². The lowest BCUT2D eigenvalue weighted by molar-refractivity contribution is 0.0343. The van der Waals surface area contributed by atoms with Gasteiger partial charge in [0.15, 0.2) is 0 Å². The molecule has 0 atom stereocenters. The molecule has 4 saturated heterocycles. The number of ether oxygens (including phenoxy) is 1. The van der Waals surface area contributed by atoms with Crippen molar-refractivity contribution in [2.75, 3.05) is 78.8 Å². The molecule has 20 heteroatoms. The van der Waals surface area contributed by atoms with Gasteiger partial charge in [0.2, 0.25) is 0 Å². The third-order valence-corrected chi connectivity index (χ3v) is 20.6. The molecule has 508 valence electrons. The number of nitrogens with zero attached hydrogens (tertiary/aromatic N) is 12. The molecular formula is C78H84Cl4N12O4. The van der Waals surface area contributed by atoms with E-state index < -0.39 is 0 Å². The first-order chi connectivity index (χ1) is 48.0. The van der Waals surface area contributed by atoms with Gasteiger partial charge in [-0.3, -0.25) is 39.5 Å². The molecule has 12 heterocycles. The van der Waals surface area contributed by atoms with E-state index in [-0.39, 0.29) is 6.10 Å². The van der Waals surface area contributed by atoms with Crippen LogP contribution in [0.3, 0.4) is 0 Å². The van der Waals surface area contributed by atoms with Gasteiger partial charge in [-0.2, -0.15) is 0 Å². The van der Waals surface area contributed by atoms with Crippen LogP contribution in [0, 0.1) is 11.8 Å². The number of hydrogen-bond acceptors (Lipinski definition) is 12. The van der Waals surface area contributed by atoms with Crippen LogP contribution < -0.4 is 0 Å². The van der Waals surface area contributed by atoms with Gasteiger partial charge in [-0.25, -0.2) is 0 Å². The minimum Gasteiger partial charge on any atom is -0.396 e. The van der Waals surface area contributed by atoms with Crippen molar-refractivity contribution in [2.45, 2.75) is 77.2 Å². The van der Waals surface area contributed by atoms with E-state index in [0.29, 0.717) is 25.0 Å². The second kappa shape index (κ2) is 33.1. The molecule has 8 aromatic heterocycles. The molecule has 3 N–H and O–H groups in total. The maximum atomic E-state index is 9.69. The van der Waals surface area contributed by atoms with Crippen LogP contribution >= 0.6 is 46.4 Å². The molecule has 0 aliphatic carbocycles. The molecule has 0 saturated carbocycles. The molecule has 4 fully saturated rings. The van der Waals surface area contributed by atoms with Crippen LogP contribution in [-0.4, -0.2) is 158 Å². The van der Waals surface area contributed by atoms with Gasteiger partial charge in [-0.1, -0.05) is 46.4 Å². The number of benzene rings is 4. The van der Waals surface area contributed by atoms with Gasteiger partial charge in [0, 0.05) is 180 Å². The summed E-state index contributed by atoms with van der Waals surface area (Å²) in [6.07, 6.45) is 31.0. The number of pyridine rings is 4. The van der Waals surface area contributed by atoms with E-state index >= 15 is 0 Å². The third kappa shape index (κ3) is 17.0. The Balaban J connectivity index is 0.000000118. The van der Waals surface area contributed by atoms with E-state index in [1.165, 1.54) is 56.6 Å². The fourth-order valence-corrected chi connectivity index (χ4v) is 14.6. The standard InChI is InChI=1S/C21H24ClN3O.C20H22ClN3O.C19H20ClN3O.C18H18ClN3O/c22-18-1-3-19(4-2-18)25-15-17(20-5-9-23-13-21(20)25)14-24-10-6-16(7-11-24)8-12-26;21-17-1-3-18(4-2-17)24-13-16(19-5-8-22-11-20(19)24)12-23-9-6-15(14-25)7-10-23;20-15-1-3-16(4-2-15)23-13-14(18-5-8-21-11-19(18)23)12-22-9-6-17(24)7-10-22;19-15-1-3-16(4-2-15)22-13-14(12-21-7-9-23-10-8-21)17-5-6-20-11-18(17)22/h1-5,9,13,15-16,26H,6-8,10-12,14H2;1-5,8,11,13,15,25H,6-7,9-10,12,14H2;1-5,8,11,13,17,24H,6-7,9-10,12H2;1-6,11,13H,7-10,12H2. The predicted octanol–water partition coefficient (Wildman–Crippen LogP) is 15.3.